The van der Waals surface area contributed by atoms with Gasteiger partial charge in [0.1, 0.15) is 11.3 Å². The van der Waals surface area contributed by atoms with E-state index in [1.54, 1.807) is 4.90 Å². The van der Waals surface area contributed by atoms with Gasteiger partial charge in [-0.3, -0.25) is 4.79 Å². The SMILES string of the molecule is CCc1oc(C(=O)N2CCC(Cc3ccccc3)C2)cc1C(=O)O. The lowest BCUT2D eigenvalue weighted by molar-refractivity contribution is 0.0692. The molecule has 1 aromatic carbocycles. The van der Waals surface area contributed by atoms with E-state index in [0.717, 1.165) is 12.8 Å². The summed E-state index contributed by atoms with van der Waals surface area (Å²) in [6.45, 7) is 3.17. The molecule has 5 heteroatoms. The highest BCUT2D eigenvalue weighted by molar-refractivity contribution is 5.96. The number of aromatic carboxylic acids is 1. The molecular formula is C19H21NO4. The lowest BCUT2D eigenvalue weighted by Crippen LogP contribution is -2.28. The van der Waals surface area contributed by atoms with Crippen LogP contribution in [0.2, 0.25) is 0 Å². The van der Waals surface area contributed by atoms with E-state index < -0.39 is 5.97 Å². The first kappa shape index (κ1) is 16.3. The molecule has 1 aromatic heterocycles. The van der Waals surface area contributed by atoms with Crippen molar-refractivity contribution < 1.29 is 19.1 Å². The van der Waals surface area contributed by atoms with Gasteiger partial charge in [0.05, 0.1) is 0 Å². The molecule has 1 saturated heterocycles. The first-order chi connectivity index (χ1) is 11.6. The van der Waals surface area contributed by atoms with E-state index in [2.05, 4.69) is 12.1 Å². The highest BCUT2D eigenvalue weighted by Crippen LogP contribution is 2.24. The smallest absolute Gasteiger partial charge is 0.339 e. The molecule has 1 amide bonds. The van der Waals surface area contributed by atoms with E-state index in [0.29, 0.717) is 31.2 Å². The summed E-state index contributed by atoms with van der Waals surface area (Å²) >= 11 is 0. The highest BCUT2D eigenvalue weighted by atomic mass is 16.4. The zero-order valence-electron chi connectivity index (χ0n) is 13.7. The Morgan fingerprint density at radius 2 is 2.04 bits per heavy atom. The molecule has 3 rings (SSSR count). The minimum Gasteiger partial charge on any atom is -0.478 e. The summed E-state index contributed by atoms with van der Waals surface area (Å²) in [4.78, 5) is 25.6. The molecule has 0 spiro atoms. The molecular weight excluding hydrogens is 306 g/mol. The maximum Gasteiger partial charge on any atom is 0.339 e. The fourth-order valence-corrected chi connectivity index (χ4v) is 3.26. The standard InChI is InChI=1S/C19H21NO4/c1-2-16-15(19(22)23)11-17(24-16)18(21)20-9-8-14(12-20)10-13-6-4-3-5-7-13/h3-7,11,14H,2,8-10,12H2,1H3,(H,22,23). The van der Waals surface area contributed by atoms with Crippen molar-refractivity contribution in [3.63, 3.8) is 0 Å². The van der Waals surface area contributed by atoms with Crippen LogP contribution in [0.15, 0.2) is 40.8 Å². The maximum absolute atomic E-state index is 12.6. The first-order valence-electron chi connectivity index (χ1n) is 8.27. The molecule has 2 heterocycles. The van der Waals surface area contributed by atoms with Crippen molar-refractivity contribution in [2.75, 3.05) is 13.1 Å². The van der Waals surface area contributed by atoms with Crippen molar-refractivity contribution in [3.05, 3.63) is 59.0 Å². The summed E-state index contributed by atoms with van der Waals surface area (Å²) in [6, 6.07) is 11.6. The summed E-state index contributed by atoms with van der Waals surface area (Å²) in [6.07, 6.45) is 2.35. The molecule has 1 N–H and O–H groups in total. The molecule has 1 aliphatic rings. The number of carbonyl (C=O) groups is 2. The quantitative estimate of drug-likeness (QED) is 0.915. The van der Waals surface area contributed by atoms with Crippen LogP contribution in [0.5, 0.6) is 0 Å². The van der Waals surface area contributed by atoms with Gasteiger partial charge >= 0.3 is 5.97 Å². The highest BCUT2D eigenvalue weighted by Gasteiger charge is 2.30. The summed E-state index contributed by atoms with van der Waals surface area (Å²) in [7, 11) is 0. The van der Waals surface area contributed by atoms with Crippen LogP contribution in [0, 0.1) is 5.92 Å². The van der Waals surface area contributed by atoms with Crippen molar-refractivity contribution in [1.82, 2.24) is 4.90 Å². The van der Waals surface area contributed by atoms with Crippen LogP contribution in [-0.4, -0.2) is 35.0 Å². The molecule has 1 fully saturated rings. The summed E-state index contributed by atoms with van der Waals surface area (Å²) < 4.78 is 5.48. The third-order valence-electron chi connectivity index (χ3n) is 4.51. The number of benzene rings is 1. The van der Waals surface area contributed by atoms with Gasteiger partial charge in [-0.1, -0.05) is 37.3 Å². The second-order valence-corrected chi connectivity index (χ2v) is 6.20. The molecule has 126 valence electrons. The van der Waals surface area contributed by atoms with Crippen LogP contribution in [0.4, 0.5) is 0 Å². The van der Waals surface area contributed by atoms with E-state index in [9.17, 15) is 14.7 Å². The third-order valence-corrected chi connectivity index (χ3v) is 4.51. The van der Waals surface area contributed by atoms with Crippen LogP contribution < -0.4 is 0 Å². The van der Waals surface area contributed by atoms with Gasteiger partial charge in [0.2, 0.25) is 0 Å². The lowest BCUT2D eigenvalue weighted by atomic mass is 9.99. The molecule has 1 atom stereocenters. The zero-order chi connectivity index (χ0) is 17.1. The van der Waals surface area contributed by atoms with Gasteiger partial charge in [0, 0.05) is 25.6 Å². The fourth-order valence-electron chi connectivity index (χ4n) is 3.26. The second-order valence-electron chi connectivity index (χ2n) is 6.20. The zero-order valence-corrected chi connectivity index (χ0v) is 13.7. The number of nitrogens with zero attached hydrogens (tertiary/aromatic N) is 1. The molecule has 0 aliphatic carbocycles. The van der Waals surface area contributed by atoms with Crippen molar-refractivity contribution in [1.29, 1.82) is 0 Å². The Bertz CT molecular complexity index is 735. The molecule has 2 aromatic rings. The van der Waals surface area contributed by atoms with Crippen molar-refractivity contribution >= 4 is 11.9 Å². The second kappa shape index (κ2) is 6.91. The number of carboxylic acid groups (broad SMARTS) is 1. The molecule has 0 radical (unpaired) electrons. The predicted octanol–water partition coefficient (Wildman–Crippen LogP) is 3.25. The number of furan rings is 1. The Hall–Kier alpha value is -2.56. The van der Waals surface area contributed by atoms with E-state index in [-0.39, 0.29) is 17.2 Å². The van der Waals surface area contributed by atoms with Crippen LogP contribution in [0.3, 0.4) is 0 Å². The van der Waals surface area contributed by atoms with E-state index in [4.69, 9.17) is 4.42 Å². The number of carboxylic acids is 1. The van der Waals surface area contributed by atoms with Gasteiger partial charge in [-0.15, -0.1) is 0 Å². The van der Waals surface area contributed by atoms with Crippen LogP contribution >= 0.6 is 0 Å². The number of likely N-dealkylation sites (tertiary alicyclic amines) is 1. The van der Waals surface area contributed by atoms with Crippen molar-refractivity contribution in [3.8, 4) is 0 Å². The van der Waals surface area contributed by atoms with Gasteiger partial charge in [-0.25, -0.2) is 4.79 Å². The Morgan fingerprint density at radius 1 is 1.29 bits per heavy atom. The Morgan fingerprint density at radius 3 is 2.67 bits per heavy atom. The lowest BCUT2D eigenvalue weighted by Gasteiger charge is -2.15. The maximum atomic E-state index is 12.6. The normalized spacial score (nSPS) is 17.2. The van der Waals surface area contributed by atoms with Gasteiger partial charge in [0.15, 0.2) is 5.76 Å². The number of aryl methyl sites for hydroxylation is 1. The van der Waals surface area contributed by atoms with Crippen LogP contribution in [-0.2, 0) is 12.8 Å². The van der Waals surface area contributed by atoms with E-state index in [1.807, 2.05) is 25.1 Å². The number of hydrogen-bond donors (Lipinski definition) is 1. The molecule has 1 aliphatic heterocycles. The van der Waals surface area contributed by atoms with Gasteiger partial charge < -0.3 is 14.4 Å². The van der Waals surface area contributed by atoms with Crippen molar-refractivity contribution in [2.45, 2.75) is 26.2 Å². The van der Waals surface area contributed by atoms with Gasteiger partial charge in [-0.2, -0.15) is 0 Å². The molecule has 1 unspecified atom stereocenters. The minimum atomic E-state index is -1.06. The Labute approximate surface area is 140 Å². The van der Waals surface area contributed by atoms with E-state index >= 15 is 0 Å². The number of carbonyl (C=O) groups excluding carboxylic acids is 1. The molecule has 0 bridgehead atoms. The largest absolute Gasteiger partial charge is 0.478 e. The van der Waals surface area contributed by atoms with Crippen LogP contribution in [0.1, 0.15) is 45.6 Å². The van der Waals surface area contributed by atoms with Crippen LogP contribution in [0.25, 0.3) is 0 Å². The average molecular weight is 327 g/mol. The summed E-state index contributed by atoms with van der Waals surface area (Å²) in [5.41, 5.74) is 1.36. The Balaban J connectivity index is 1.67. The van der Waals surface area contributed by atoms with E-state index in [1.165, 1.54) is 11.6 Å². The number of amides is 1. The first-order valence-corrected chi connectivity index (χ1v) is 8.27. The predicted molar refractivity (Wildman–Crippen MR) is 89.2 cm³/mol. The number of rotatable bonds is 5. The summed E-state index contributed by atoms with van der Waals surface area (Å²) in [5.74, 6) is -0.364. The molecule has 5 nitrogen and oxygen atoms in total. The molecule has 0 saturated carbocycles. The van der Waals surface area contributed by atoms with Crippen molar-refractivity contribution in [2.24, 2.45) is 5.92 Å². The average Bonchev–Trinajstić information content (AvgIpc) is 3.22. The topological polar surface area (TPSA) is 70.8 Å². The number of hydrogen-bond acceptors (Lipinski definition) is 3. The van der Waals surface area contributed by atoms with Gasteiger partial charge in [0.25, 0.3) is 5.91 Å². The summed E-state index contributed by atoms with van der Waals surface area (Å²) in [5, 5.41) is 9.18. The third kappa shape index (κ3) is 3.35. The van der Waals surface area contributed by atoms with Gasteiger partial charge in [-0.05, 0) is 24.3 Å². The minimum absolute atomic E-state index is 0.0842. The monoisotopic (exact) mass is 327 g/mol. The fraction of sp³-hybridized carbons (Fsp3) is 0.368. The Kier molecular flexibility index (Phi) is 4.69. The molecule has 24 heavy (non-hydrogen) atoms.